The molecule has 3 heteroatoms. The quantitative estimate of drug-likeness (QED) is 0.654. The number of aromatic amines is 1. The third-order valence-electron chi connectivity index (χ3n) is 1.23. The number of nitrogens with zero attached hydrogens (tertiary/aromatic N) is 1. The average molecular weight is 138 g/mol. The van der Waals surface area contributed by atoms with Gasteiger partial charge < -0.3 is 4.98 Å². The number of rotatable bonds is 2. The first kappa shape index (κ1) is 6.99. The lowest BCUT2D eigenvalue weighted by molar-refractivity contribution is 0.861. The van der Waals surface area contributed by atoms with Gasteiger partial charge in [-0.05, 0) is 6.42 Å². The molecule has 54 valence electrons. The van der Waals surface area contributed by atoms with Crippen LogP contribution in [0, 0.1) is 0 Å². The average Bonchev–Trinajstić information content (AvgIpc) is 1.88. The topological polar surface area (TPSA) is 45.8 Å². The fourth-order valence-electron chi connectivity index (χ4n) is 0.814. The zero-order valence-corrected chi connectivity index (χ0v) is 5.92. The van der Waals surface area contributed by atoms with E-state index in [2.05, 4.69) is 16.9 Å². The summed E-state index contributed by atoms with van der Waals surface area (Å²) < 4.78 is 0. The van der Waals surface area contributed by atoms with Gasteiger partial charge in [-0.1, -0.05) is 13.3 Å². The summed E-state index contributed by atoms with van der Waals surface area (Å²) in [6.07, 6.45) is 4.88. The Morgan fingerprint density at radius 3 is 3.00 bits per heavy atom. The molecule has 0 aliphatic heterocycles. The second-order valence-corrected chi connectivity index (χ2v) is 2.17. The van der Waals surface area contributed by atoms with Crippen LogP contribution < -0.4 is 5.56 Å². The van der Waals surface area contributed by atoms with Crippen molar-refractivity contribution in [2.75, 3.05) is 0 Å². The molecule has 10 heavy (non-hydrogen) atoms. The Labute approximate surface area is 59.1 Å². The lowest BCUT2D eigenvalue weighted by atomic mass is 10.3. The summed E-state index contributed by atoms with van der Waals surface area (Å²) in [4.78, 5) is 17.1. The molecule has 0 bridgehead atoms. The van der Waals surface area contributed by atoms with E-state index < -0.39 is 0 Å². The molecule has 0 aliphatic rings. The Hall–Kier alpha value is -1.12. The third-order valence-corrected chi connectivity index (χ3v) is 1.23. The summed E-state index contributed by atoms with van der Waals surface area (Å²) in [6.45, 7) is 2.06. The largest absolute Gasteiger partial charge is 0.323 e. The summed E-state index contributed by atoms with van der Waals surface area (Å²) in [6, 6.07) is 0. The van der Waals surface area contributed by atoms with Gasteiger partial charge in [-0.25, -0.2) is 0 Å². The van der Waals surface area contributed by atoms with Crippen LogP contribution in [0.2, 0.25) is 0 Å². The monoisotopic (exact) mass is 138 g/mol. The van der Waals surface area contributed by atoms with Gasteiger partial charge in [0.2, 0.25) is 0 Å². The molecule has 0 radical (unpaired) electrons. The highest BCUT2D eigenvalue weighted by Gasteiger charge is 1.89. The maximum atomic E-state index is 10.6. The van der Waals surface area contributed by atoms with E-state index in [1.165, 1.54) is 6.20 Å². The molecule has 1 N–H and O–H groups in total. The number of hydrogen-bond acceptors (Lipinski definition) is 2. The van der Waals surface area contributed by atoms with Gasteiger partial charge in [-0.3, -0.25) is 9.78 Å². The number of aromatic nitrogens is 2. The first-order valence-electron chi connectivity index (χ1n) is 3.36. The highest BCUT2D eigenvalue weighted by molar-refractivity contribution is 4.94. The normalized spacial score (nSPS) is 9.70. The Balaban J connectivity index is 2.85. The Morgan fingerprint density at radius 2 is 2.40 bits per heavy atom. The molecule has 0 fully saturated rings. The van der Waals surface area contributed by atoms with Gasteiger partial charge >= 0.3 is 0 Å². The molecule has 0 aliphatic carbocycles. The maximum Gasteiger partial charge on any atom is 0.266 e. The summed E-state index contributed by atoms with van der Waals surface area (Å²) in [5.74, 6) is 0. The smallest absolute Gasteiger partial charge is 0.266 e. The Bertz CT molecular complexity index is 254. The molecule has 0 aromatic carbocycles. The van der Waals surface area contributed by atoms with Crippen molar-refractivity contribution >= 4 is 0 Å². The minimum absolute atomic E-state index is 0.119. The second-order valence-electron chi connectivity index (χ2n) is 2.17. The minimum Gasteiger partial charge on any atom is -0.323 e. The van der Waals surface area contributed by atoms with Crippen LogP contribution in [-0.4, -0.2) is 9.97 Å². The van der Waals surface area contributed by atoms with Crippen LogP contribution in [0.4, 0.5) is 0 Å². The van der Waals surface area contributed by atoms with Crippen LogP contribution in [0.15, 0.2) is 17.2 Å². The first-order valence-corrected chi connectivity index (χ1v) is 3.36. The van der Waals surface area contributed by atoms with Gasteiger partial charge in [-0.15, -0.1) is 0 Å². The SMILES string of the molecule is CCCc1cncc(=O)[nH]1. The number of H-pyrrole nitrogens is 1. The predicted octanol–water partition coefficient (Wildman–Crippen LogP) is 0.722. The zero-order chi connectivity index (χ0) is 7.40. The molecule has 0 atom stereocenters. The number of hydrogen-bond donors (Lipinski definition) is 1. The molecular weight excluding hydrogens is 128 g/mol. The fourth-order valence-corrected chi connectivity index (χ4v) is 0.814. The molecule has 3 nitrogen and oxygen atoms in total. The van der Waals surface area contributed by atoms with Crippen molar-refractivity contribution in [2.24, 2.45) is 0 Å². The highest BCUT2D eigenvalue weighted by Crippen LogP contribution is 1.91. The van der Waals surface area contributed by atoms with E-state index in [9.17, 15) is 4.79 Å². The standard InChI is InChI=1S/C7H10N2O/c1-2-3-6-4-8-5-7(10)9-6/h4-5H,2-3H2,1H3,(H,9,10). The van der Waals surface area contributed by atoms with Crippen molar-refractivity contribution in [3.8, 4) is 0 Å². The summed E-state index contributed by atoms with van der Waals surface area (Å²) >= 11 is 0. The number of nitrogens with one attached hydrogen (secondary N) is 1. The van der Waals surface area contributed by atoms with Crippen LogP contribution in [0.25, 0.3) is 0 Å². The molecule has 1 aromatic heterocycles. The summed E-state index contributed by atoms with van der Waals surface area (Å²) in [5, 5.41) is 0. The van der Waals surface area contributed by atoms with E-state index in [-0.39, 0.29) is 5.56 Å². The molecule has 1 aromatic rings. The van der Waals surface area contributed by atoms with Crippen LogP contribution in [0.5, 0.6) is 0 Å². The minimum atomic E-state index is -0.119. The van der Waals surface area contributed by atoms with Gasteiger partial charge in [0, 0.05) is 11.9 Å². The lowest BCUT2D eigenvalue weighted by Gasteiger charge is -1.93. The van der Waals surface area contributed by atoms with Crippen LogP contribution >= 0.6 is 0 Å². The van der Waals surface area contributed by atoms with E-state index >= 15 is 0 Å². The first-order chi connectivity index (χ1) is 4.83. The Morgan fingerprint density at radius 1 is 1.60 bits per heavy atom. The van der Waals surface area contributed by atoms with Gasteiger partial charge in [0.05, 0.1) is 6.20 Å². The fraction of sp³-hybridized carbons (Fsp3) is 0.429. The van der Waals surface area contributed by atoms with E-state index in [1.54, 1.807) is 6.20 Å². The van der Waals surface area contributed by atoms with Crippen molar-refractivity contribution in [1.29, 1.82) is 0 Å². The van der Waals surface area contributed by atoms with Crippen molar-refractivity contribution in [1.82, 2.24) is 9.97 Å². The molecule has 1 heterocycles. The maximum absolute atomic E-state index is 10.6. The summed E-state index contributed by atoms with van der Waals surface area (Å²) in [7, 11) is 0. The van der Waals surface area contributed by atoms with Crippen molar-refractivity contribution in [2.45, 2.75) is 19.8 Å². The van der Waals surface area contributed by atoms with Gasteiger partial charge in [-0.2, -0.15) is 0 Å². The molecule has 1 rings (SSSR count). The van der Waals surface area contributed by atoms with Crippen molar-refractivity contribution in [3.63, 3.8) is 0 Å². The molecule has 0 unspecified atom stereocenters. The van der Waals surface area contributed by atoms with E-state index in [0.29, 0.717) is 0 Å². The van der Waals surface area contributed by atoms with Gasteiger partial charge in [0.15, 0.2) is 0 Å². The van der Waals surface area contributed by atoms with Gasteiger partial charge in [0.25, 0.3) is 5.56 Å². The molecule has 0 amide bonds. The number of aryl methyl sites for hydroxylation is 1. The Kier molecular flexibility index (Phi) is 2.20. The van der Waals surface area contributed by atoms with Gasteiger partial charge in [0.1, 0.15) is 0 Å². The molecule has 0 saturated carbocycles. The van der Waals surface area contributed by atoms with E-state index in [0.717, 1.165) is 18.5 Å². The second kappa shape index (κ2) is 3.15. The molecular formula is C7H10N2O. The third kappa shape index (κ3) is 1.69. The van der Waals surface area contributed by atoms with Crippen LogP contribution in [-0.2, 0) is 6.42 Å². The van der Waals surface area contributed by atoms with E-state index in [4.69, 9.17) is 0 Å². The van der Waals surface area contributed by atoms with Crippen LogP contribution in [0.3, 0.4) is 0 Å². The summed E-state index contributed by atoms with van der Waals surface area (Å²) in [5.41, 5.74) is 0.793. The molecule has 0 spiro atoms. The predicted molar refractivity (Wildman–Crippen MR) is 38.9 cm³/mol. The van der Waals surface area contributed by atoms with E-state index in [1.807, 2.05) is 0 Å². The zero-order valence-electron chi connectivity index (χ0n) is 5.92. The van der Waals surface area contributed by atoms with Crippen molar-refractivity contribution < 1.29 is 0 Å². The van der Waals surface area contributed by atoms with Crippen molar-refractivity contribution in [3.05, 3.63) is 28.4 Å². The highest BCUT2D eigenvalue weighted by atomic mass is 16.1. The molecule has 0 saturated heterocycles. The lowest BCUT2D eigenvalue weighted by Crippen LogP contribution is -2.07. The van der Waals surface area contributed by atoms with Crippen LogP contribution in [0.1, 0.15) is 19.0 Å².